The number of unbranched alkanes of at least 4 members (excludes halogenated alkanes) is 6. The Kier molecular flexibility index (Phi) is 9.28. The van der Waals surface area contributed by atoms with Gasteiger partial charge in [0.05, 0.1) is 6.10 Å². The van der Waals surface area contributed by atoms with Crippen LogP contribution in [-0.2, 0) is 9.53 Å². The molecule has 0 aromatic rings. The van der Waals surface area contributed by atoms with Gasteiger partial charge in [-0.3, -0.25) is 4.79 Å². The maximum Gasteiger partial charge on any atom is 0.303 e. The first-order valence-electron chi connectivity index (χ1n) is 9.07. The molecule has 4 nitrogen and oxygen atoms in total. The van der Waals surface area contributed by atoms with Gasteiger partial charge in [-0.2, -0.15) is 0 Å². The molecule has 0 aromatic carbocycles. The molecule has 1 aliphatic rings. The van der Waals surface area contributed by atoms with Crippen molar-refractivity contribution in [2.24, 2.45) is 0 Å². The largest absolute Gasteiger partial charge is 0.481 e. The van der Waals surface area contributed by atoms with Gasteiger partial charge in [0.1, 0.15) is 11.7 Å². The number of carbonyl (C=O) groups is 1. The first-order valence-corrected chi connectivity index (χ1v) is 9.07. The molecule has 1 heterocycles. The Morgan fingerprint density at radius 3 is 2.52 bits per heavy atom. The number of epoxide rings is 1. The minimum atomic E-state index is -0.893. The summed E-state index contributed by atoms with van der Waals surface area (Å²) in [4.78, 5) is 10.4. The van der Waals surface area contributed by atoms with Gasteiger partial charge in [0, 0.05) is 6.42 Å². The van der Waals surface area contributed by atoms with E-state index in [1.807, 2.05) is 0 Å². The van der Waals surface area contributed by atoms with Crippen molar-refractivity contribution in [1.82, 2.24) is 0 Å². The fourth-order valence-electron chi connectivity index (χ4n) is 2.65. The van der Waals surface area contributed by atoms with Crippen molar-refractivity contribution in [2.45, 2.75) is 102 Å². The molecule has 23 heavy (non-hydrogen) atoms. The van der Waals surface area contributed by atoms with E-state index in [1.54, 1.807) is 6.92 Å². The predicted molar refractivity (Wildman–Crippen MR) is 91.2 cm³/mol. The van der Waals surface area contributed by atoms with Crippen molar-refractivity contribution >= 4 is 5.97 Å². The predicted octanol–water partition coefficient (Wildman–Crippen LogP) is 3.90. The quantitative estimate of drug-likeness (QED) is 0.324. The van der Waals surface area contributed by atoms with Gasteiger partial charge in [-0.25, -0.2) is 0 Å². The van der Waals surface area contributed by atoms with Gasteiger partial charge in [-0.05, 0) is 32.6 Å². The molecule has 0 bridgehead atoms. The summed E-state index contributed by atoms with van der Waals surface area (Å²) < 4.78 is 5.53. The van der Waals surface area contributed by atoms with Crippen LogP contribution in [0, 0.1) is 11.8 Å². The molecule has 1 saturated heterocycles. The highest BCUT2D eigenvalue weighted by molar-refractivity contribution is 5.66. The number of hydrogen-bond acceptors (Lipinski definition) is 3. The first-order chi connectivity index (χ1) is 10.9. The standard InChI is InChI=1S/C19H32O4/c1-3-4-10-14-19(2,22)15-13-17-16(23-17)11-8-6-5-7-9-12-18(20)21/h16-17,22H,3-12,14H2,1-2H3,(H,20,21). The molecule has 2 N–H and O–H groups in total. The fraction of sp³-hybridized carbons (Fsp3) is 0.842. The van der Waals surface area contributed by atoms with E-state index >= 15 is 0 Å². The fourth-order valence-corrected chi connectivity index (χ4v) is 2.65. The molecule has 132 valence electrons. The number of carboxylic acid groups (broad SMARTS) is 1. The maximum absolute atomic E-state index is 10.4. The summed E-state index contributed by atoms with van der Waals surface area (Å²) in [6, 6.07) is 0. The lowest BCUT2D eigenvalue weighted by Crippen LogP contribution is -2.21. The van der Waals surface area contributed by atoms with E-state index in [1.165, 1.54) is 0 Å². The van der Waals surface area contributed by atoms with Gasteiger partial charge in [0.25, 0.3) is 0 Å². The second-order valence-electron chi connectivity index (χ2n) is 6.80. The second kappa shape index (κ2) is 10.7. The van der Waals surface area contributed by atoms with Crippen molar-refractivity contribution in [3.05, 3.63) is 0 Å². The highest BCUT2D eigenvalue weighted by atomic mass is 16.6. The van der Waals surface area contributed by atoms with E-state index < -0.39 is 11.6 Å². The zero-order valence-electron chi connectivity index (χ0n) is 14.6. The molecule has 0 spiro atoms. The van der Waals surface area contributed by atoms with Crippen molar-refractivity contribution in [2.75, 3.05) is 0 Å². The molecule has 1 fully saturated rings. The Labute approximate surface area is 140 Å². The number of ether oxygens (including phenoxy) is 1. The van der Waals surface area contributed by atoms with Crippen LogP contribution in [0.3, 0.4) is 0 Å². The Morgan fingerprint density at radius 2 is 1.83 bits per heavy atom. The molecule has 1 aliphatic heterocycles. The summed E-state index contributed by atoms with van der Waals surface area (Å²) in [5, 5.41) is 18.7. The van der Waals surface area contributed by atoms with Gasteiger partial charge in [0.15, 0.2) is 0 Å². The summed E-state index contributed by atoms with van der Waals surface area (Å²) in [6.45, 7) is 3.93. The first kappa shape index (κ1) is 20.0. The van der Waals surface area contributed by atoms with Gasteiger partial charge < -0.3 is 14.9 Å². The van der Waals surface area contributed by atoms with Crippen LogP contribution in [0.15, 0.2) is 0 Å². The number of aliphatic carboxylic acids is 1. The number of hydrogen-bond donors (Lipinski definition) is 2. The van der Waals surface area contributed by atoms with Crippen molar-refractivity contribution in [1.29, 1.82) is 0 Å². The third-order valence-corrected chi connectivity index (χ3v) is 4.21. The third-order valence-electron chi connectivity index (χ3n) is 4.21. The van der Waals surface area contributed by atoms with Crippen LogP contribution < -0.4 is 0 Å². The Bertz CT molecular complexity index is 405. The van der Waals surface area contributed by atoms with Crippen LogP contribution >= 0.6 is 0 Å². The zero-order chi connectivity index (χ0) is 17.1. The molecular weight excluding hydrogens is 292 g/mol. The highest BCUT2D eigenvalue weighted by Gasteiger charge is 2.36. The van der Waals surface area contributed by atoms with Gasteiger partial charge in [-0.1, -0.05) is 57.3 Å². The minimum absolute atomic E-state index is 0.000314. The SMILES string of the molecule is CCCCCC(C)(O)C#CC1OC1CCCCCCCC(=O)O. The molecule has 3 unspecified atom stereocenters. The van der Waals surface area contributed by atoms with Crippen LogP contribution in [0.2, 0.25) is 0 Å². The molecule has 0 saturated carbocycles. The van der Waals surface area contributed by atoms with Crippen molar-refractivity contribution < 1.29 is 19.7 Å². The molecule has 0 aromatic heterocycles. The smallest absolute Gasteiger partial charge is 0.303 e. The van der Waals surface area contributed by atoms with Gasteiger partial charge >= 0.3 is 5.97 Å². The van der Waals surface area contributed by atoms with E-state index in [0.29, 0.717) is 0 Å². The zero-order valence-corrected chi connectivity index (χ0v) is 14.6. The number of aliphatic hydroxyl groups is 1. The van der Waals surface area contributed by atoms with E-state index in [0.717, 1.165) is 64.2 Å². The summed E-state index contributed by atoms with van der Waals surface area (Å²) >= 11 is 0. The number of carboxylic acids is 1. The summed E-state index contributed by atoms with van der Waals surface area (Å²) in [7, 11) is 0. The Balaban J connectivity index is 2.04. The molecule has 3 atom stereocenters. The van der Waals surface area contributed by atoms with Crippen LogP contribution in [0.4, 0.5) is 0 Å². The molecule has 0 aliphatic carbocycles. The monoisotopic (exact) mass is 324 g/mol. The van der Waals surface area contributed by atoms with E-state index in [9.17, 15) is 9.90 Å². The summed E-state index contributed by atoms with van der Waals surface area (Å²) in [5.41, 5.74) is -0.893. The van der Waals surface area contributed by atoms with Gasteiger partial charge in [-0.15, -0.1) is 0 Å². The topological polar surface area (TPSA) is 70.1 Å². The van der Waals surface area contributed by atoms with Crippen molar-refractivity contribution in [3.8, 4) is 11.8 Å². The normalized spacial score (nSPS) is 22.0. The van der Waals surface area contributed by atoms with E-state index in [2.05, 4.69) is 18.8 Å². The maximum atomic E-state index is 10.4. The molecular formula is C19H32O4. The average molecular weight is 324 g/mol. The second-order valence-corrected chi connectivity index (χ2v) is 6.80. The molecule has 1 rings (SSSR count). The van der Waals surface area contributed by atoms with Crippen molar-refractivity contribution in [3.63, 3.8) is 0 Å². The number of rotatable bonds is 12. The summed E-state index contributed by atoms with van der Waals surface area (Å²) in [5.74, 6) is 5.32. The van der Waals surface area contributed by atoms with Gasteiger partial charge in [0.2, 0.25) is 0 Å². The van der Waals surface area contributed by atoms with E-state index in [4.69, 9.17) is 9.84 Å². The molecule has 4 heteroatoms. The lowest BCUT2D eigenvalue weighted by Gasteiger charge is -2.15. The van der Waals surface area contributed by atoms with Crippen LogP contribution in [0.1, 0.15) is 84.5 Å². The van der Waals surface area contributed by atoms with Crippen LogP contribution in [-0.4, -0.2) is 34.0 Å². The lowest BCUT2D eigenvalue weighted by molar-refractivity contribution is -0.137. The minimum Gasteiger partial charge on any atom is -0.481 e. The third kappa shape index (κ3) is 10.4. The lowest BCUT2D eigenvalue weighted by atomic mass is 9.98. The Morgan fingerprint density at radius 1 is 1.13 bits per heavy atom. The highest BCUT2D eigenvalue weighted by Crippen LogP contribution is 2.27. The molecule has 0 radical (unpaired) electrons. The van der Waals surface area contributed by atoms with E-state index in [-0.39, 0.29) is 18.6 Å². The molecule has 0 amide bonds. The average Bonchev–Trinajstić information content (AvgIpc) is 3.23. The summed E-state index contributed by atoms with van der Waals surface area (Å²) in [6.07, 6.45) is 10.6. The Hall–Kier alpha value is -1.05. The van der Waals surface area contributed by atoms with Crippen LogP contribution in [0.25, 0.3) is 0 Å². The van der Waals surface area contributed by atoms with Crippen LogP contribution in [0.5, 0.6) is 0 Å².